The molecule has 0 unspecified atom stereocenters. The molecule has 0 fully saturated rings. The van der Waals surface area contributed by atoms with Crippen LogP contribution in [-0.2, 0) is 25.0 Å². The molecule has 0 aliphatic carbocycles. The van der Waals surface area contributed by atoms with Crippen molar-refractivity contribution in [1.29, 1.82) is 0 Å². The quantitative estimate of drug-likeness (QED) is 0.0739. The van der Waals surface area contributed by atoms with Crippen molar-refractivity contribution in [3.8, 4) is 0 Å². The topological polar surface area (TPSA) is 176 Å². The van der Waals surface area contributed by atoms with Gasteiger partial charge in [0.15, 0.2) is 0 Å². The summed E-state index contributed by atoms with van der Waals surface area (Å²) in [5.41, 5.74) is 0. The molecule has 0 aromatic carbocycles. The Balaban J connectivity index is -0.000000569. The molecule has 0 radical (unpaired) electrons. The Kier molecular flexibility index (Phi) is 29.0. The second-order valence-corrected chi connectivity index (χ2v) is 11.3. The Labute approximate surface area is 242 Å². The average Bonchev–Trinajstić information content (AvgIpc) is 2.73. The minimum absolute atomic E-state index is 0. The number of carbonyl (C=O) groups excluding carboxylic acids is 1. The molecular formula is C22H44CaN2O8S2. The fourth-order valence-electron chi connectivity index (χ4n) is 2.86. The summed E-state index contributed by atoms with van der Waals surface area (Å²) in [6.45, 7) is 4.70. The van der Waals surface area contributed by atoms with Crippen molar-refractivity contribution < 1.29 is 35.8 Å². The molecule has 0 heterocycles. The van der Waals surface area contributed by atoms with E-state index in [-0.39, 0.29) is 74.7 Å². The Morgan fingerprint density at radius 1 is 0.800 bits per heavy atom. The van der Waals surface area contributed by atoms with E-state index >= 15 is 0 Å². The molecule has 0 aromatic heterocycles. The summed E-state index contributed by atoms with van der Waals surface area (Å²) >= 11 is 0. The standard InChI is InChI=1S/2C11H23NO4S.Ca/c2*1-2-3-4-5-6-8-11(13)12-9-7-10-17(14,15)16;/h2*2-10H2,1H3,(H,12,13)(H,14,15,16);/q;;+2/p-2. The van der Waals surface area contributed by atoms with Gasteiger partial charge in [-0.15, -0.1) is 0 Å². The fraction of sp³-hybridized carbons (Fsp3) is 0.909. The summed E-state index contributed by atoms with van der Waals surface area (Å²) in [4.78, 5) is 15.0. The Morgan fingerprint density at radius 3 is 1.80 bits per heavy atom. The number of nitrogens with one attached hydrogen (secondary N) is 1. The summed E-state index contributed by atoms with van der Waals surface area (Å²) in [6.07, 6.45) is 12.1. The zero-order valence-corrected chi connectivity index (χ0v) is 25.3. The molecule has 0 spiro atoms. The normalized spacial score (nSPS) is 11.8. The third kappa shape index (κ3) is 38.7. The van der Waals surface area contributed by atoms with E-state index in [1.807, 2.05) is 0 Å². The molecule has 0 atom stereocenters. The molecule has 0 aliphatic heterocycles. The first-order valence-corrected chi connectivity index (χ1v) is 15.5. The molecule has 0 rings (SSSR count). The van der Waals surface area contributed by atoms with Crippen molar-refractivity contribution in [2.75, 3.05) is 24.6 Å². The van der Waals surface area contributed by atoms with Gasteiger partial charge in [-0.2, -0.15) is 8.42 Å². The van der Waals surface area contributed by atoms with Gasteiger partial charge in [0.1, 0.15) is 0 Å². The molecule has 2 N–H and O–H groups in total. The number of rotatable bonds is 20. The van der Waals surface area contributed by atoms with Crippen LogP contribution in [0.25, 0.3) is 0 Å². The third-order valence-electron chi connectivity index (χ3n) is 4.74. The molecule has 0 saturated carbocycles. The van der Waals surface area contributed by atoms with Crippen molar-refractivity contribution in [2.24, 2.45) is 4.99 Å². The van der Waals surface area contributed by atoms with Crippen LogP contribution in [-0.4, -0.2) is 100 Å². The number of hydrogen-bond acceptors (Lipinski definition) is 8. The molecule has 0 aliphatic rings. The SMILES string of the molecule is CCCCCCCC(=O)NCCCS(=O)(=O)O.CCCCCCCC([O-])=NCCCS(=O)(=O)[O-].[Ca+2]. The Morgan fingerprint density at radius 2 is 1.31 bits per heavy atom. The molecule has 204 valence electrons. The monoisotopic (exact) mass is 568 g/mol. The summed E-state index contributed by atoms with van der Waals surface area (Å²) < 4.78 is 60.0. The van der Waals surface area contributed by atoms with Gasteiger partial charge in [0.05, 0.1) is 15.9 Å². The largest absolute Gasteiger partial charge is 2.00 e. The first-order chi connectivity index (χ1) is 15.9. The average molecular weight is 569 g/mol. The zero-order valence-electron chi connectivity index (χ0n) is 21.5. The fourth-order valence-corrected chi connectivity index (χ4v) is 3.86. The molecule has 35 heavy (non-hydrogen) atoms. The van der Waals surface area contributed by atoms with Crippen LogP contribution in [0.1, 0.15) is 104 Å². The molecular weight excluding hydrogens is 524 g/mol. The Bertz CT molecular complexity index is 745. The molecule has 0 aromatic rings. The minimum atomic E-state index is -4.17. The van der Waals surface area contributed by atoms with Gasteiger partial charge in [-0.25, -0.2) is 8.42 Å². The van der Waals surface area contributed by atoms with Crippen molar-refractivity contribution >= 4 is 69.8 Å². The predicted molar refractivity (Wildman–Crippen MR) is 138 cm³/mol. The van der Waals surface area contributed by atoms with Gasteiger partial charge < -0.3 is 20.0 Å². The van der Waals surface area contributed by atoms with E-state index in [9.17, 15) is 31.3 Å². The molecule has 13 heteroatoms. The van der Waals surface area contributed by atoms with E-state index in [4.69, 9.17) is 4.55 Å². The maximum Gasteiger partial charge on any atom is 2.00 e. The molecule has 10 nitrogen and oxygen atoms in total. The molecule has 0 bridgehead atoms. The number of hydrogen-bond donors (Lipinski definition) is 2. The van der Waals surface area contributed by atoms with Crippen molar-refractivity contribution in [1.82, 2.24) is 5.32 Å². The van der Waals surface area contributed by atoms with Crippen LogP contribution in [0.3, 0.4) is 0 Å². The minimum Gasteiger partial charge on any atom is -0.862 e. The van der Waals surface area contributed by atoms with Crippen molar-refractivity contribution in [2.45, 2.75) is 104 Å². The van der Waals surface area contributed by atoms with Gasteiger partial charge in [0.2, 0.25) is 5.91 Å². The van der Waals surface area contributed by atoms with Crippen LogP contribution in [0.15, 0.2) is 4.99 Å². The summed E-state index contributed by atoms with van der Waals surface area (Å²) in [6, 6.07) is 0. The number of nitrogens with zero attached hydrogens (tertiary/aromatic N) is 1. The van der Waals surface area contributed by atoms with Crippen LogP contribution in [0, 0.1) is 0 Å². The number of amides is 1. The van der Waals surface area contributed by atoms with Gasteiger partial charge in [0, 0.05) is 25.3 Å². The summed E-state index contributed by atoms with van der Waals surface area (Å²) in [5, 5.41) is 13.8. The second-order valence-electron chi connectivity index (χ2n) is 8.21. The second kappa shape index (κ2) is 25.7. The first kappa shape index (κ1) is 39.5. The van der Waals surface area contributed by atoms with E-state index in [2.05, 4.69) is 24.2 Å². The van der Waals surface area contributed by atoms with Crippen LogP contribution < -0.4 is 10.4 Å². The van der Waals surface area contributed by atoms with Gasteiger partial charge in [-0.05, 0) is 38.0 Å². The van der Waals surface area contributed by atoms with E-state index in [0.29, 0.717) is 19.4 Å². The number of unbranched alkanes of at least 4 members (excludes halogenated alkanes) is 8. The maximum absolute atomic E-state index is 11.3. The van der Waals surface area contributed by atoms with Crippen LogP contribution in [0.5, 0.6) is 0 Å². The number of aliphatic imine (C=N–C) groups is 1. The smallest absolute Gasteiger partial charge is 0.862 e. The van der Waals surface area contributed by atoms with Crippen LogP contribution in [0.4, 0.5) is 0 Å². The van der Waals surface area contributed by atoms with E-state index < -0.39 is 26.0 Å². The van der Waals surface area contributed by atoms with Gasteiger partial charge in [-0.3, -0.25) is 9.35 Å². The van der Waals surface area contributed by atoms with Gasteiger partial charge in [-0.1, -0.05) is 65.2 Å². The first-order valence-electron chi connectivity index (χ1n) is 12.3. The van der Waals surface area contributed by atoms with Gasteiger partial charge >= 0.3 is 37.7 Å². The third-order valence-corrected chi connectivity index (χ3v) is 6.34. The summed E-state index contributed by atoms with van der Waals surface area (Å²) in [5.74, 6) is -0.981. The van der Waals surface area contributed by atoms with Crippen molar-refractivity contribution in [3.05, 3.63) is 0 Å². The van der Waals surface area contributed by atoms with Gasteiger partial charge in [0.25, 0.3) is 10.1 Å². The number of carbonyl (C=O) groups is 1. The van der Waals surface area contributed by atoms with Crippen molar-refractivity contribution in [3.63, 3.8) is 0 Å². The maximum atomic E-state index is 11.3. The summed E-state index contributed by atoms with van der Waals surface area (Å²) in [7, 11) is -8.07. The van der Waals surface area contributed by atoms with E-state index in [0.717, 1.165) is 38.5 Å². The molecule has 1 amide bonds. The Hall–Kier alpha value is 0.0197. The van der Waals surface area contributed by atoms with E-state index in [1.54, 1.807) is 0 Å². The zero-order chi connectivity index (χ0) is 26.3. The molecule has 0 saturated heterocycles. The van der Waals surface area contributed by atoms with E-state index in [1.165, 1.54) is 25.7 Å². The van der Waals surface area contributed by atoms with Crippen LogP contribution in [0.2, 0.25) is 0 Å². The van der Waals surface area contributed by atoms with Crippen LogP contribution >= 0.6 is 0 Å². The predicted octanol–water partition coefficient (Wildman–Crippen LogP) is 2.40.